The van der Waals surface area contributed by atoms with Crippen LogP contribution in [-0.2, 0) is 4.79 Å². The number of allylic oxidation sites excluding steroid dienone is 4. The van der Waals surface area contributed by atoms with Gasteiger partial charge in [-0.05, 0) is 51.0 Å². The van der Waals surface area contributed by atoms with Crippen LogP contribution in [0, 0.1) is 0 Å². The molecule has 0 bridgehead atoms. The molecular weight excluding hydrogens is 220 g/mol. The summed E-state index contributed by atoms with van der Waals surface area (Å²) in [4.78, 5) is 11.5. The van der Waals surface area contributed by atoms with Crippen molar-refractivity contribution in [2.45, 2.75) is 77.0 Å². The van der Waals surface area contributed by atoms with Crippen molar-refractivity contribution in [2.75, 3.05) is 0 Å². The Bertz CT molecular complexity index is 263. The predicted molar refractivity (Wildman–Crippen MR) is 78.7 cm³/mol. The molecule has 0 aromatic carbocycles. The summed E-state index contributed by atoms with van der Waals surface area (Å²) >= 11 is 0. The maximum absolute atomic E-state index is 11.5. The lowest BCUT2D eigenvalue weighted by molar-refractivity contribution is -0.114. The van der Waals surface area contributed by atoms with Gasteiger partial charge in [0.15, 0.2) is 5.78 Å². The van der Waals surface area contributed by atoms with Crippen LogP contribution in [0.3, 0.4) is 0 Å². The van der Waals surface area contributed by atoms with Crippen LogP contribution in [-0.4, -0.2) is 5.78 Å². The number of ketones is 1. The molecule has 0 atom stereocenters. The van der Waals surface area contributed by atoms with E-state index in [1.54, 1.807) is 6.08 Å². The molecule has 0 spiro atoms. The quantitative estimate of drug-likeness (QED) is 0.527. The third-order valence-corrected chi connectivity index (χ3v) is 3.51. The Morgan fingerprint density at radius 1 is 0.611 bits per heavy atom. The summed E-state index contributed by atoms with van der Waals surface area (Å²) in [7, 11) is 0. The van der Waals surface area contributed by atoms with Crippen LogP contribution < -0.4 is 0 Å². The minimum absolute atomic E-state index is 0.320. The zero-order valence-corrected chi connectivity index (χ0v) is 11.7. The average molecular weight is 248 g/mol. The molecule has 0 saturated heterocycles. The highest BCUT2D eigenvalue weighted by Crippen LogP contribution is 2.10. The predicted octanol–water partition coefficient (Wildman–Crippen LogP) is 5.36. The Balaban J connectivity index is 2.24. The van der Waals surface area contributed by atoms with Crippen LogP contribution in [0.25, 0.3) is 0 Å². The van der Waals surface area contributed by atoms with E-state index in [9.17, 15) is 4.79 Å². The summed E-state index contributed by atoms with van der Waals surface area (Å²) in [6.45, 7) is 0. The summed E-state index contributed by atoms with van der Waals surface area (Å²) in [6, 6.07) is 0. The molecule has 1 heteroatoms. The van der Waals surface area contributed by atoms with Gasteiger partial charge in [0.2, 0.25) is 0 Å². The number of rotatable bonds is 0. The number of carbonyl (C=O) groups is 1. The molecule has 0 aliphatic heterocycles. The van der Waals surface area contributed by atoms with Gasteiger partial charge in [-0.1, -0.05) is 43.9 Å². The van der Waals surface area contributed by atoms with Gasteiger partial charge in [0.25, 0.3) is 0 Å². The molecule has 0 N–H and O–H groups in total. The second-order valence-electron chi connectivity index (χ2n) is 5.28. The fourth-order valence-electron chi connectivity index (χ4n) is 2.33. The normalized spacial score (nSPS) is 25.2. The second kappa shape index (κ2) is 11.3. The molecule has 1 rings (SSSR count). The molecule has 0 unspecified atom stereocenters. The van der Waals surface area contributed by atoms with E-state index in [2.05, 4.69) is 18.2 Å². The van der Waals surface area contributed by atoms with Crippen molar-refractivity contribution in [2.24, 2.45) is 0 Å². The lowest BCUT2D eigenvalue weighted by Gasteiger charge is -1.98. The van der Waals surface area contributed by atoms with Gasteiger partial charge in [-0.25, -0.2) is 0 Å². The van der Waals surface area contributed by atoms with Crippen LogP contribution in [0.5, 0.6) is 0 Å². The molecule has 0 fully saturated rings. The summed E-state index contributed by atoms with van der Waals surface area (Å²) in [6.07, 6.45) is 22.8. The lowest BCUT2D eigenvalue weighted by atomic mass is 10.1. The van der Waals surface area contributed by atoms with Crippen molar-refractivity contribution in [1.82, 2.24) is 0 Å². The van der Waals surface area contributed by atoms with Gasteiger partial charge in [-0.2, -0.15) is 0 Å². The number of hydrogen-bond donors (Lipinski definition) is 0. The molecule has 102 valence electrons. The van der Waals surface area contributed by atoms with E-state index in [4.69, 9.17) is 0 Å². The monoisotopic (exact) mass is 248 g/mol. The van der Waals surface area contributed by atoms with Gasteiger partial charge >= 0.3 is 0 Å². The highest BCUT2D eigenvalue weighted by atomic mass is 16.1. The zero-order chi connectivity index (χ0) is 12.9. The number of hydrogen-bond acceptors (Lipinski definition) is 1. The van der Waals surface area contributed by atoms with Crippen LogP contribution in [0.1, 0.15) is 77.0 Å². The minimum atomic E-state index is 0.320. The van der Waals surface area contributed by atoms with Crippen LogP contribution in [0.15, 0.2) is 24.3 Å². The van der Waals surface area contributed by atoms with Gasteiger partial charge in [-0.3, -0.25) is 4.79 Å². The van der Waals surface area contributed by atoms with E-state index in [1.165, 1.54) is 57.8 Å². The van der Waals surface area contributed by atoms with Crippen LogP contribution in [0.2, 0.25) is 0 Å². The Labute approximate surface area is 112 Å². The number of carbonyl (C=O) groups excluding carboxylic acids is 1. The molecule has 18 heavy (non-hydrogen) atoms. The zero-order valence-electron chi connectivity index (χ0n) is 11.7. The highest BCUT2D eigenvalue weighted by molar-refractivity contribution is 5.89. The summed E-state index contributed by atoms with van der Waals surface area (Å²) in [5, 5.41) is 0. The van der Waals surface area contributed by atoms with Gasteiger partial charge in [-0.15, -0.1) is 0 Å². The largest absolute Gasteiger partial charge is 0.295 e. The third kappa shape index (κ3) is 9.21. The molecule has 0 aromatic heterocycles. The summed E-state index contributed by atoms with van der Waals surface area (Å²) < 4.78 is 0. The Morgan fingerprint density at radius 2 is 1.11 bits per heavy atom. The van der Waals surface area contributed by atoms with Crippen LogP contribution in [0.4, 0.5) is 0 Å². The van der Waals surface area contributed by atoms with Gasteiger partial charge < -0.3 is 0 Å². The fourth-order valence-corrected chi connectivity index (χ4v) is 2.33. The van der Waals surface area contributed by atoms with E-state index in [0.717, 1.165) is 19.3 Å². The third-order valence-electron chi connectivity index (χ3n) is 3.51. The maximum Gasteiger partial charge on any atom is 0.155 e. The van der Waals surface area contributed by atoms with Crippen molar-refractivity contribution in [3.05, 3.63) is 24.3 Å². The molecule has 0 heterocycles. The van der Waals surface area contributed by atoms with Crippen molar-refractivity contribution >= 4 is 5.78 Å². The first kappa shape index (κ1) is 15.2. The molecule has 1 nitrogen and oxygen atoms in total. The van der Waals surface area contributed by atoms with E-state index in [0.29, 0.717) is 5.78 Å². The lowest BCUT2D eigenvalue weighted by Crippen LogP contribution is -1.92. The summed E-state index contributed by atoms with van der Waals surface area (Å²) in [5.74, 6) is 0.320. The van der Waals surface area contributed by atoms with Crippen molar-refractivity contribution < 1.29 is 4.79 Å². The van der Waals surface area contributed by atoms with Gasteiger partial charge in [0.1, 0.15) is 0 Å². The van der Waals surface area contributed by atoms with Crippen molar-refractivity contribution in [3.8, 4) is 0 Å². The Morgan fingerprint density at radius 3 is 1.83 bits per heavy atom. The molecule has 1 aliphatic rings. The maximum atomic E-state index is 11.5. The molecule has 1 aliphatic carbocycles. The molecule has 0 radical (unpaired) electrons. The fraction of sp³-hybridized carbons (Fsp3) is 0.706. The molecular formula is C17H28O. The minimum Gasteiger partial charge on any atom is -0.295 e. The van der Waals surface area contributed by atoms with Crippen molar-refractivity contribution in [3.63, 3.8) is 0 Å². The Kier molecular flexibility index (Phi) is 9.51. The second-order valence-corrected chi connectivity index (χ2v) is 5.28. The standard InChI is InChI=1S/C17H28O/c18-17-15-13-11-9-7-5-3-1-2-4-6-8-10-12-14-16-17/h1-2,13,15H,3-12,14,16H2/b2-1-,15-13+. The summed E-state index contributed by atoms with van der Waals surface area (Å²) in [5.41, 5.74) is 0. The highest BCUT2D eigenvalue weighted by Gasteiger charge is 1.97. The van der Waals surface area contributed by atoms with Crippen molar-refractivity contribution in [1.29, 1.82) is 0 Å². The van der Waals surface area contributed by atoms with Gasteiger partial charge in [0, 0.05) is 6.42 Å². The van der Waals surface area contributed by atoms with Crippen LogP contribution >= 0.6 is 0 Å². The van der Waals surface area contributed by atoms with E-state index in [-0.39, 0.29) is 0 Å². The van der Waals surface area contributed by atoms with E-state index in [1.807, 2.05) is 0 Å². The van der Waals surface area contributed by atoms with Gasteiger partial charge in [0.05, 0.1) is 0 Å². The topological polar surface area (TPSA) is 17.1 Å². The molecule has 0 amide bonds. The Hall–Kier alpha value is -0.850. The first-order valence-electron chi connectivity index (χ1n) is 7.74. The van der Waals surface area contributed by atoms with E-state index < -0.39 is 0 Å². The first-order valence-corrected chi connectivity index (χ1v) is 7.74. The molecule has 0 aromatic rings. The molecule has 0 saturated carbocycles. The van der Waals surface area contributed by atoms with E-state index >= 15 is 0 Å². The smallest absolute Gasteiger partial charge is 0.155 e. The first-order chi connectivity index (χ1) is 8.89. The average Bonchev–Trinajstić information content (AvgIpc) is 2.37. The SMILES string of the molecule is O=C1/C=C/CCCCC/C=C\CCCCCCC1.